The van der Waals surface area contributed by atoms with Crippen molar-refractivity contribution in [1.29, 1.82) is 0 Å². The molecule has 1 N–H and O–H groups in total. The molecular weight excluding hydrogens is 290 g/mol. The summed E-state index contributed by atoms with van der Waals surface area (Å²) in [6, 6.07) is 6.61. The van der Waals surface area contributed by atoms with Crippen LogP contribution in [0.3, 0.4) is 0 Å². The fraction of sp³-hybridized carbons (Fsp3) is 0.533. The Morgan fingerprint density at radius 3 is 2.43 bits per heavy atom. The second-order valence-corrected chi connectivity index (χ2v) is 6.81. The number of aryl methyl sites for hydroxylation is 1. The average Bonchev–Trinajstić information content (AvgIpc) is 2.42. The maximum Gasteiger partial charge on any atom is 0.302 e. The molecule has 1 atom stereocenters. The van der Waals surface area contributed by atoms with Gasteiger partial charge in [0.15, 0.2) is 0 Å². The third-order valence-electron chi connectivity index (χ3n) is 3.04. The number of hydrogen-bond donors (Lipinski definition) is 1. The Morgan fingerprint density at radius 1 is 1.29 bits per heavy atom. The van der Waals surface area contributed by atoms with Crippen LogP contribution in [0.5, 0.6) is 0 Å². The van der Waals surface area contributed by atoms with Crippen LogP contribution in [0.15, 0.2) is 29.2 Å². The monoisotopic (exact) mass is 313 g/mol. The van der Waals surface area contributed by atoms with Crippen LogP contribution in [0.2, 0.25) is 0 Å². The van der Waals surface area contributed by atoms with Crippen LogP contribution >= 0.6 is 0 Å². The zero-order valence-electron chi connectivity index (χ0n) is 12.8. The van der Waals surface area contributed by atoms with Crippen LogP contribution in [-0.4, -0.2) is 27.0 Å². The zero-order valence-corrected chi connectivity index (χ0v) is 13.6. The molecule has 0 aliphatic rings. The zero-order chi connectivity index (χ0) is 15.9. The van der Waals surface area contributed by atoms with E-state index >= 15 is 0 Å². The van der Waals surface area contributed by atoms with Gasteiger partial charge in [-0.25, -0.2) is 13.1 Å². The van der Waals surface area contributed by atoms with E-state index in [0.29, 0.717) is 6.42 Å². The molecule has 0 aliphatic carbocycles. The first-order chi connectivity index (χ1) is 9.85. The third-order valence-corrected chi connectivity index (χ3v) is 4.48. The fourth-order valence-electron chi connectivity index (χ4n) is 1.87. The Morgan fingerprint density at radius 2 is 1.90 bits per heavy atom. The van der Waals surface area contributed by atoms with Crippen LogP contribution < -0.4 is 4.72 Å². The molecule has 5 nitrogen and oxygen atoms in total. The predicted octanol–water partition coefficient (Wildman–Crippen LogP) is 2.40. The highest BCUT2D eigenvalue weighted by Crippen LogP contribution is 2.11. The largest absolute Gasteiger partial charge is 0.461 e. The van der Waals surface area contributed by atoms with E-state index in [0.717, 1.165) is 18.4 Å². The predicted molar refractivity (Wildman–Crippen MR) is 81.4 cm³/mol. The Kier molecular flexibility index (Phi) is 6.84. The summed E-state index contributed by atoms with van der Waals surface area (Å²) in [5, 5.41) is 0. The Hall–Kier alpha value is -1.40. The van der Waals surface area contributed by atoms with Crippen molar-refractivity contribution in [3.05, 3.63) is 29.8 Å². The topological polar surface area (TPSA) is 72.5 Å². The molecule has 21 heavy (non-hydrogen) atoms. The van der Waals surface area contributed by atoms with Gasteiger partial charge in [0.2, 0.25) is 10.0 Å². The van der Waals surface area contributed by atoms with Crippen molar-refractivity contribution in [2.75, 3.05) is 6.54 Å². The SMILES string of the molecule is CCCCC(CNS(=O)(=O)c1ccc(C)cc1)OC(C)=O. The van der Waals surface area contributed by atoms with Gasteiger partial charge in [-0.05, 0) is 31.9 Å². The molecule has 0 spiro atoms. The van der Waals surface area contributed by atoms with Gasteiger partial charge in [0.05, 0.1) is 4.90 Å². The van der Waals surface area contributed by atoms with Crippen LogP contribution in [0.4, 0.5) is 0 Å². The number of hydrogen-bond acceptors (Lipinski definition) is 4. The van der Waals surface area contributed by atoms with Gasteiger partial charge in [-0.15, -0.1) is 0 Å². The maximum atomic E-state index is 12.2. The minimum absolute atomic E-state index is 0.0930. The molecule has 6 heteroatoms. The summed E-state index contributed by atoms with van der Waals surface area (Å²) in [5.74, 6) is -0.398. The smallest absolute Gasteiger partial charge is 0.302 e. The van der Waals surface area contributed by atoms with Crippen molar-refractivity contribution < 1.29 is 17.9 Å². The Labute approximate surface area is 126 Å². The number of ether oxygens (including phenoxy) is 1. The Balaban J connectivity index is 2.68. The lowest BCUT2D eigenvalue weighted by atomic mass is 10.1. The highest BCUT2D eigenvalue weighted by molar-refractivity contribution is 7.89. The van der Waals surface area contributed by atoms with Crippen LogP contribution in [-0.2, 0) is 19.6 Å². The molecule has 0 saturated heterocycles. The van der Waals surface area contributed by atoms with E-state index < -0.39 is 22.1 Å². The molecule has 0 aliphatic heterocycles. The Bertz CT molecular complexity index is 552. The number of carbonyl (C=O) groups excluding carboxylic acids is 1. The van der Waals surface area contributed by atoms with Crippen molar-refractivity contribution in [3.63, 3.8) is 0 Å². The van der Waals surface area contributed by atoms with Crippen LogP contribution in [0.1, 0.15) is 38.7 Å². The molecule has 0 amide bonds. The van der Waals surface area contributed by atoms with Crippen LogP contribution in [0, 0.1) is 6.92 Å². The summed E-state index contributed by atoms with van der Waals surface area (Å²) in [7, 11) is -3.57. The fourth-order valence-corrected chi connectivity index (χ4v) is 2.94. The summed E-state index contributed by atoms with van der Waals surface area (Å²) in [5.41, 5.74) is 0.995. The van der Waals surface area contributed by atoms with Crippen molar-refractivity contribution in [2.24, 2.45) is 0 Å². The minimum Gasteiger partial charge on any atom is -0.461 e. The molecule has 0 fully saturated rings. The van der Waals surface area contributed by atoms with E-state index in [1.54, 1.807) is 24.3 Å². The quantitative estimate of drug-likeness (QED) is 0.748. The lowest BCUT2D eigenvalue weighted by Crippen LogP contribution is -2.34. The molecule has 0 radical (unpaired) electrons. The van der Waals surface area contributed by atoms with Crippen LogP contribution in [0.25, 0.3) is 0 Å². The van der Waals surface area contributed by atoms with E-state index in [1.807, 2.05) is 13.8 Å². The van der Waals surface area contributed by atoms with E-state index in [2.05, 4.69) is 4.72 Å². The number of sulfonamides is 1. The highest BCUT2D eigenvalue weighted by Gasteiger charge is 2.18. The van der Waals surface area contributed by atoms with Gasteiger partial charge >= 0.3 is 5.97 Å². The number of carbonyl (C=O) groups is 1. The van der Waals surface area contributed by atoms with Gasteiger partial charge in [0, 0.05) is 13.5 Å². The van der Waals surface area contributed by atoms with Gasteiger partial charge in [0.1, 0.15) is 6.10 Å². The number of benzene rings is 1. The number of nitrogens with one attached hydrogen (secondary N) is 1. The maximum absolute atomic E-state index is 12.2. The van der Waals surface area contributed by atoms with Crippen molar-refractivity contribution in [1.82, 2.24) is 4.72 Å². The highest BCUT2D eigenvalue weighted by atomic mass is 32.2. The molecule has 118 valence electrons. The summed E-state index contributed by atoms with van der Waals surface area (Å²) in [4.78, 5) is 11.3. The summed E-state index contributed by atoms with van der Waals surface area (Å²) in [6.45, 7) is 5.34. The molecule has 0 bridgehead atoms. The molecule has 1 aromatic rings. The van der Waals surface area contributed by atoms with Gasteiger partial charge in [-0.3, -0.25) is 4.79 Å². The molecule has 0 aromatic heterocycles. The summed E-state index contributed by atoms with van der Waals surface area (Å²) < 4.78 is 32.0. The lowest BCUT2D eigenvalue weighted by Gasteiger charge is -2.17. The number of rotatable bonds is 8. The minimum atomic E-state index is -3.57. The third kappa shape index (κ3) is 6.27. The second-order valence-electron chi connectivity index (χ2n) is 5.04. The second kappa shape index (κ2) is 8.14. The molecule has 1 unspecified atom stereocenters. The number of esters is 1. The van der Waals surface area contributed by atoms with Crippen molar-refractivity contribution in [2.45, 2.75) is 51.0 Å². The van der Waals surface area contributed by atoms with E-state index in [9.17, 15) is 13.2 Å². The first-order valence-corrected chi connectivity index (χ1v) is 8.57. The van der Waals surface area contributed by atoms with E-state index in [1.165, 1.54) is 6.92 Å². The van der Waals surface area contributed by atoms with Gasteiger partial charge in [0.25, 0.3) is 0 Å². The lowest BCUT2D eigenvalue weighted by molar-refractivity contribution is -0.146. The standard InChI is InChI=1S/C15H23NO4S/c1-4-5-6-14(20-13(3)17)11-16-21(18,19)15-9-7-12(2)8-10-15/h7-10,14,16H,4-6,11H2,1-3H3. The van der Waals surface area contributed by atoms with E-state index in [4.69, 9.17) is 4.74 Å². The molecule has 0 saturated carbocycles. The van der Waals surface area contributed by atoms with Gasteiger partial charge in [-0.2, -0.15) is 0 Å². The number of unbranched alkanes of at least 4 members (excludes halogenated alkanes) is 1. The summed E-state index contributed by atoms with van der Waals surface area (Å²) >= 11 is 0. The molecule has 1 aromatic carbocycles. The molecule has 0 heterocycles. The van der Waals surface area contributed by atoms with Crippen molar-refractivity contribution >= 4 is 16.0 Å². The first-order valence-electron chi connectivity index (χ1n) is 7.08. The van der Waals surface area contributed by atoms with Gasteiger partial charge in [-0.1, -0.05) is 31.0 Å². The van der Waals surface area contributed by atoms with Crippen molar-refractivity contribution in [3.8, 4) is 0 Å². The first kappa shape index (κ1) is 17.7. The average molecular weight is 313 g/mol. The normalized spacial score (nSPS) is 12.9. The van der Waals surface area contributed by atoms with E-state index in [-0.39, 0.29) is 11.4 Å². The summed E-state index contributed by atoms with van der Waals surface area (Å²) in [6.07, 6.45) is 2.06. The molecular formula is C15H23NO4S. The van der Waals surface area contributed by atoms with Gasteiger partial charge < -0.3 is 4.74 Å². The molecule has 1 rings (SSSR count).